The van der Waals surface area contributed by atoms with E-state index >= 15 is 0 Å². The SMILES string of the molecule is O=C(NNc1ncnc(N2CCOCC2)c1[N+](=O)[O-])c1ccco1. The van der Waals surface area contributed by atoms with E-state index in [4.69, 9.17) is 9.15 Å². The Morgan fingerprint density at radius 1 is 1.33 bits per heavy atom. The van der Waals surface area contributed by atoms with E-state index in [1.54, 1.807) is 11.0 Å². The third-order valence-electron chi connectivity index (χ3n) is 3.34. The number of nitro groups is 1. The molecule has 0 saturated carbocycles. The minimum absolute atomic E-state index is 0.0626. The summed E-state index contributed by atoms with van der Waals surface area (Å²) in [6.07, 6.45) is 2.54. The van der Waals surface area contributed by atoms with Gasteiger partial charge in [0.1, 0.15) is 6.33 Å². The first kappa shape index (κ1) is 15.7. The average Bonchev–Trinajstić information content (AvgIpc) is 3.14. The van der Waals surface area contributed by atoms with Gasteiger partial charge in [-0.1, -0.05) is 0 Å². The van der Waals surface area contributed by atoms with Gasteiger partial charge in [0.15, 0.2) is 5.76 Å². The van der Waals surface area contributed by atoms with E-state index in [-0.39, 0.29) is 23.1 Å². The molecular formula is C13H14N6O5. The van der Waals surface area contributed by atoms with Crippen molar-refractivity contribution in [3.05, 3.63) is 40.6 Å². The van der Waals surface area contributed by atoms with Gasteiger partial charge in [0, 0.05) is 13.1 Å². The van der Waals surface area contributed by atoms with Crippen molar-refractivity contribution in [2.24, 2.45) is 0 Å². The molecule has 0 spiro atoms. The number of hydrogen-bond acceptors (Lipinski definition) is 9. The third-order valence-corrected chi connectivity index (χ3v) is 3.34. The largest absolute Gasteiger partial charge is 0.459 e. The summed E-state index contributed by atoms with van der Waals surface area (Å²) in [4.78, 5) is 32.3. The van der Waals surface area contributed by atoms with Crippen molar-refractivity contribution >= 4 is 23.2 Å². The fraction of sp³-hybridized carbons (Fsp3) is 0.308. The summed E-state index contributed by atoms with van der Waals surface area (Å²) < 4.78 is 10.2. The molecule has 11 nitrogen and oxygen atoms in total. The molecule has 0 aromatic carbocycles. The smallest absolute Gasteiger partial charge is 0.355 e. The Hall–Kier alpha value is -3.21. The number of hydrazine groups is 1. The monoisotopic (exact) mass is 334 g/mol. The van der Waals surface area contributed by atoms with Gasteiger partial charge in [0.05, 0.1) is 24.4 Å². The highest BCUT2D eigenvalue weighted by atomic mass is 16.6. The van der Waals surface area contributed by atoms with Gasteiger partial charge in [-0.2, -0.15) is 0 Å². The predicted octanol–water partition coefficient (Wildman–Crippen LogP) is 0.571. The van der Waals surface area contributed by atoms with Gasteiger partial charge in [-0.25, -0.2) is 9.97 Å². The molecule has 1 amide bonds. The molecule has 2 aromatic heterocycles. The molecule has 1 aliphatic heterocycles. The predicted molar refractivity (Wildman–Crippen MR) is 81.5 cm³/mol. The molecular weight excluding hydrogens is 320 g/mol. The lowest BCUT2D eigenvalue weighted by molar-refractivity contribution is -0.383. The molecule has 0 unspecified atom stereocenters. The molecule has 1 saturated heterocycles. The highest BCUT2D eigenvalue weighted by Crippen LogP contribution is 2.31. The van der Waals surface area contributed by atoms with Crippen LogP contribution in [0.2, 0.25) is 0 Å². The Morgan fingerprint density at radius 2 is 2.12 bits per heavy atom. The first-order valence-corrected chi connectivity index (χ1v) is 7.09. The van der Waals surface area contributed by atoms with E-state index in [0.717, 1.165) is 0 Å². The van der Waals surface area contributed by atoms with Gasteiger partial charge < -0.3 is 14.1 Å². The fourth-order valence-corrected chi connectivity index (χ4v) is 2.22. The molecule has 11 heteroatoms. The molecule has 3 rings (SSSR count). The number of hydrogen-bond donors (Lipinski definition) is 2. The Kier molecular flexibility index (Phi) is 4.52. The highest BCUT2D eigenvalue weighted by molar-refractivity contribution is 5.92. The van der Waals surface area contributed by atoms with E-state index in [1.165, 1.54) is 18.7 Å². The number of nitrogens with one attached hydrogen (secondary N) is 2. The molecule has 2 N–H and O–H groups in total. The van der Waals surface area contributed by atoms with E-state index < -0.39 is 10.8 Å². The minimum Gasteiger partial charge on any atom is -0.459 e. The minimum atomic E-state index is -0.591. The fourth-order valence-electron chi connectivity index (χ4n) is 2.22. The summed E-state index contributed by atoms with van der Waals surface area (Å²) in [6.45, 7) is 1.88. The molecule has 0 bridgehead atoms. The number of carbonyl (C=O) groups excluding carboxylic acids is 1. The average molecular weight is 334 g/mol. The van der Waals surface area contributed by atoms with Crippen molar-refractivity contribution < 1.29 is 18.9 Å². The van der Waals surface area contributed by atoms with Crippen molar-refractivity contribution in [3.63, 3.8) is 0 Å². The summed E-state index contributed by atoms with van der Waals surface area (Å²) in [5.41, 5.74) is 4.44. The maximum atomic E-state index is 11.8. The molecule has 0 radical (unpaired) electrons. The summed E-state index contributed by atoms with van der Waals surface area (Å²) in [5.74, 6) is -0.460. The van der Waals surface area contributed by atoms with Gasteiger partial charge in [-0.3, -0.25) is 25.8 Å². The summed E-state index contributed by atoms with van der Waals surface area (Å²) in [7, 11) is 0. The van der Waals surface area contributed by atoms with Crippen molar-refractivity contribution in [2.75, 3.05) is 36.6 Å². The Morgan fingerprint density at radius 3 is 2.79 bits per heavy atom. The molecule has 0 atom stereocenters. The quantitative estimate of drug-likeness (QED) is 0.594. The van der Waals surface area contributed by atoms with Crippen LogP contribution in [0.4, 0.5) is 17.3 Å². The van der Waals surface area contributed by atoms with Crippen LogP contribution in [0.25, 0.3) is 0 Å². The molecule has 3 heterocycles. The van der Waals surface area contributed by atoms with Crippen LogP contribution in [-0.2, 0) is 4.74 Å². The van der Waals surface area contributed by atoms with Gasteiger partial charge in [0.2, 0.25) is 11.6 Å². The molecule has 126 valence electrons. The molecule has 1 aliphatic rings. The lowest BCUT2D eigenvalue weighted by Gasteiger charge is -2.27. The second-order valence-corrected chi connectivity index (χ2v) is 4.81. The number of carbonyl (C=O) groups is 1. The van der Waals surface area contributed by atoms with Crippen LogP contribution in [0.3, 0.4) is 0 Å². The number of amides is 1. The number of nitrogens with zero attached hydrogens (tertiary/aromatic N) is 4. The van der Waals surface area contributed by atoms with Crippen LogP contribution in [-0.4, -0.2) is 47.1 Å². The lowest BCUT2D eigenvalue weighted by Crippen LogP contribution is -2.37. The number of ether oxygens (including phenoxy) is 1. The van der Waals surface area contributed by atoms with Gasteiger partial charge in [0.25, 0.3) is 0 Å². The number of aromatic nitrogens is 2. The van der Waals surface area contributed by atoms with E-state index in [0.29, 0.717) is 26.3 Å². The topological polar surface area (TPSA) is 136 Å². The second-order valence-electron chi connectivity index (χ2n) is 4.81. The van der Waals surface area contributed by atoms with E-state index in [2.05, 4.69) is 20.8 Å². The van der Waals surface area contributed by atoms with Crippen LogP contribution in [0, 0.1) is 10.1 Å². The normalized spacial score (nSPS) is 14.2. The standard InChI is InChI=1S/C13H14N6O5/c20-13(9-2-1-5-24-9)17-16-11-10(19(21)22)12(15-8-14-11)18-3-6-23-7-4-18/h1-2,5,8H,3-4,6-7H2,(H,17,20)(H,14,15,16). The number of furan rings is 1. The number of morpholine rings is 1. The van der Waals surface area contributed by atoms with Gasteiger partial charge in [-0.05, 0) is 12.1 Å². The first-order chi connectivity index (χ1) is 11.7. The van der Waals surface area contributed by atoms with E-state index in [1.807, 2.05) is 0 Å². The third kappa shape index (κ3) is 3.25. The maximum Gasteiger partial charge on any atom is 0.355 e. The maximum absolute atomic E-state index is 11.8. The van der Waals surface area contributed by atoms with Crippen molar-refractivity contribution in [1.82, 2.24) is 15.4 Å². The summed E-state index contributed by atoms with van der Waals surface area (Å²) >= 11 is 0. The van der Waals surface area contributed by atoms with Gasteiger partial charge >= 0.3 is 11.6 Å². The molecule has 2 aromatic rings. The van der Waals surface area contributed by atoms with Gasteiger partial charge in [-0.15, -0.1) is 0 Å². The van der Waals surface area contributed by atoms with Crippen molar-refractivity contribution in [2.45, 2.75) is 0 Å². The Bertz CT molecular complexity index is 728. The first-order valence-electron chi connectivity index (χ1n) is 7.09. The van der Waals surface area contributed by atoms with E-state index in [9.17, 15) is 14.9 Å². The van der Waals surface area contributed by atoms with Crippen LogP contribution >= 0.6 is 0 Å². The zero-order valence-corrected chi connectivity index (χ0v) is 12.5. The van der Waals surface area contributed by atoms with Crippen molar-refractivity contribution in [3.8, 4) is 0 Å². The van der Waals surface area contributed by atoms with Crippen LogP contribution in [0.15, 0.2) is 29.1 Å². The molecule has 0 aliphatic carbocycles. The zero-order chi connectivity index (χ0) is 16.9. The van der Waals surface area contributed by atoms with Crippen molar-refractivity contribution in [1.29, 1.82) is 0 Å². The Balaban J connectivity index is 1.81. The summed E-state index contributed by atoms with van der Waals surface area (Å²) in [5, 5.41) is 11.5. The molecule has 1 fully saturated rings. The summed E-state index contributed by atoms with van der Waals surface area (Å²) in [6, 6.07) is 3.02. The highest BCUT2D eigenvalue weighted by Gasteiger charge is 2.28. The van der Waals surface area contributed by atoms with Crippen LogP contribution in [0.5, 0.6) is 0 Å². The lowest BCUT2D eigenvalue weighted by atomic mass is 10.3. The number of anilines is 2. The Labute approximate surface area is 135 Å². The second kappa shape index (κ2) is 6.91. The van der Waals surface area contributed by atoms with Crippen LogP contribution in [0.1, 0.15) is 10.6 Å². The molecule has 24 heavy (non-hydrogen) atoms. The van der Waals surface area contributed by atoms with Crippen LogP contribution < -0.4 is 15.8 Å². The number of rotatable bonds is 5. The zero-order valence-electron chi connectivity index (χ0n) is 12.5.